The summed E-state index contributed by atoms with van der Waals surface area (Å²) in [5.41, 5.74) is 14.3. The van der Waals surface area contributed by atoms with Crippen LogP contribution in [0.2, 0.25) is 6.32 Å². The summed E-state index contributed by atoms with van der Waals surface area (Å²) in [5, 5.41) is 18.2. The Kier molecular flexibility index (Phi) is 72.5. The molecule has 0 saturated heterocycles. The van der Waals surface area contributed by atoms with E-state index in [0.29, 0.717) is 44.4 Å². The summed E-state index contributed by atoms with van der Waals surface area (Å²) in [6.45, 7) is 13.3. The van der Waals surface area contributed by atoms with Crippen molar-refractivity contribution in [2.75, 3.05) is 14.2 Å². The topological polar surface area (TPSA) is 162 Å². The first-order valence-electron chi connectivity index (χ1n) is 41.6. The molecule has 20 heteroatoms. The van der Waals surface area contributed by atoms with E-state index < -0.39 is 8.25 Å². The molecule has 10 nitrogen and oxygen atoms in total. The van der Waals surface area contributed by atoms with E-state index in [1.807, 2.05) is 200 Å². The van der Waals surface area contributed by atoms with Crippen LogP contribution in [0.1, 0.15) is 150 Å². The van der Waals surface area contributed by atoms with E-state index in [2.05, 4.69) is 164 Å². The summed E-state index contributed by atoms with van der Waals surface area (Å²) in [5.74, 6) is 4.23. The Labute approximate surface area is 873 Å². The Balaban J connectivity index is 0.000000719. The third-order valence-corrected chi connectivity index (χ3v) is 25.5. The summed E-state index contributed by atoms with van der Waals surface area (Å²) >= 11 is 7.13. The molecular formula is C101H119BI2K3O10P2Pd2-6. The first-order chi connectivity index (χ1) is 57.3. The van der Waals surface area contributed by atoms with Gasteiger partial charge in [-0.2, -0.15) is 0 Å². The largest absolute Gasteiger partial charge is 0 e. The van der Waals surface area contributed by atoms with Crippen molar-refractivity contribution < 1.29 is 141 Å². The van der Waals surface area contributed by atoms with Crippen LogP contribution in [0.5, 0.6) is 11.5 Å². The quantitative estimate of drug-likeness (QED) is 0.0111. The van der Waals surface area contributed by atoms with Gasteiger partial charge in [0.15, 0.2) is 0 Å². The first-order valence-corrected chi connectivity index (χ1v) is 62.3. The molecule has 2 saturated carbocycles. The maximum atomic E-state index is 11.7. The maximum Gasteiger partial charge on any atom is 0 e. The van der Waals surface area contributed by atoms with Crippen molar-refractivity contribution >= 4 is 155 Å². The van der Waals surface area contributed by atoms with Crippen LogP contribution in [-0.4, -0.2) is 119 Å². The fraction of sp³-hybridized carbons (Fsp3) is 0.317. The Hall–Kier alpha value is -1.84. The maximum absolute atomic E-state index is 11.7. The van der Waals surface area contributed by atoms with Crippen LogP contribution in [-0.2, 0) is 116 Å². The molecule has 2 aliphatic rings. The Morgan fingerprint density at radius 3 is 0.917 bits per heavy atom. The molecule has 0 bridgehead atoms. The van der Waals surface area contributed by atoms with E-state index in [-0.39, 0.29) is 118 Å². The number of carbonyl (C=O) groups is 3. The second-order valence-electron chi connectivity index (χ2n) is 29.6. The van der Waals surface area contributed by atoms with Crippen LogP contribution in [0.3, 0.4) is 0 Å². The Morgan fingerprint density at radius 2 is 0.686 bits per heavy atom. The average molecular weight is 2150 g/mol. The van der Waals surface area contributed by atoms with Crippen molar-refractivity contribution in [2.24, 2.45) is 17.8 Å². The predicted molar refractivity (Wildman–Crippen MR) is 510 cm³/mol. The molecule has 639 valence electrons. The molecule has 10 aromatic carbocycles. The zero-order valence-electron chi connectivity index (χ0n) is 72.7. The molecule has 1 N–H and O–H groups in total. The molecule has 1 unspecified atom stereocenters. The standard InChI is InChI=1S/C26H35O2P.3C17H16O.C14H22.C6H4I2.C4H10BO.3K.HO4P.2Pd/c1-27-23-17-11-18-24(28-2)26(23)22-16-9-10-19-25(22)29(20-12-5-3-6-13-20)21-14-7-4-8-15-21;3*18-17(13-11-15-7-3-1-4-8-15)14-12-16-9-5-2-6-10-16;1-11(2)9-13-7-5-6-8-14(13)10-12(3)4;7-5-3-1-2-4-6(5)8;1-4(2)3-5-6;;;;1-4-5(2)3;;/h9-11,16-21H,3-8,12-15H2,1-2H3;3*1-10,13-14H,11-12H2;5-8,11-12H,9-10H2,1-4H3;1-4H;4,6H,3H2,1-2H3;;;;1H;;/q;3*-2;;;;;;+1;;;/p-1. The van der Waals surface area contributed by atoms with Gasteiger partial charge in [-0.05, 0) is 164 Å². The van der Waals surface area contributed by atoms with Crippen LogP contribution in [0.25, 0.3) is 11.1 Å². The number of rotatable bonds is 31. The predicted octanol–water partition coefficient (Wildman–Crippen LogP) is 19.7. The van der Waals surface area contributed by atoms with Crippen LogP contribution in [0.4, 0.5) is 0 Å². The molecule has 0 amide bonds. The zero-order valence-corrected chi connectivity index (χ0v) is 91.3. The Bertz CT molecular complexity index is 3820. The van der Waals surface area contributed by atoms with E-state index >= 15 is 0 Å². The molecule has 12 rings (SSSR count). The molecule has 10 aromatic rings. The van der Waals surface area contributed by atoms with Crippen molar-refractivity contribution in [2.45, 2.75) is 175 Å². The number of Topliss-reactive ketones (excluding diaryl/α,β-unsaturated/α-hetero) is 3. The monoisotopic (exact) mass is 2150 g/mol. The minimum atomic E-state index is -3.15. The number of benzene rings is 10. The first kappa shape index (κ1) is 117. The van der Waals surface area contributed by atoms with E-state index in [0.717, 1.165) is 46.5 Å². The van der Waals surface area contributed by atoms with Crippen LogP contribution in [0, 0.1) is 63.4 Å². The summed E-state index contributed by atoms with van der Waals surface area (Å²) in [7, 11) is 1.40. The molecular weight excluding hydrogens is 2030 g/mol. The average Bonchev–Trinajstić information content (AvgIpc) is 0.773. The minimum Gasteiger partial charge on any atom is 0 e. The van der Waals surface area contributed by atoms with Crippen molar-refractivity contribution in [1.82, 2.24) is 0 Å². The zero-order chi connectivity index (χ0) is 85.8. The number of methoxy groups -OCH3 is 2. The molecule has 0 aromatic heterocycles. The molecule has 2 aliphatic carbocycles. The van der Waals surface area contributed by atoms with Crippen molar-refractivity contribution in [3.63, 3.8) is 0 Å². The smallest absolute Gasteiger partial charge is 0 e. The SMILES string of the molecule is CC(C)C[B]O.CC(C)Cc1ccccc1CC(C)C.COc1cccc(OC)c1-c1ccccc1P(C1CCCCC1)C1CCCCC1.Ic1ccccc1I.O=C([CH-]Cc1ccccc1)[CH-]Cc1ccccc1.O=C([CH-]Cc1ccccc1)[CH-]Cc1ccccc1.O=C([CH-]Cc1ccccc1)[CH-]Cc1ccccc1.O=[P+]([O-])O[O-].[K+].[K][K].[Pd].[Pd]. The van der Waals surface area contributed by atoms with Gasteiger partial charge in [0, 0.05) is 48.0 Å². The van der Waals surface area contributed by atoms with Gasteiger partial charge in [-0.25, -0.2) is 4.67 Å². The number of hydrogen-bond acceptors (Lipinski definition) is 10. The summed E-state index contributed by atoms with van der Waals surface area (Å²) in [6, 6.07) is 92.5. The third kappa shape index (κ3) is 53.8. The number of ketones is 3. The van der Waals surface area contributed by atoms with Crippen molar-refractivity contribution in [1.29, 1.82) is 0 Å². The van der Waals surface area contributed by atoms with Crippen LogP contribution < -0.4 is 76.3 Å². The fourth-order valence-corrected chi connectivity index (χ4v) is 17.9. The van der Waals surface area contributed by atoms with Gasteiger partial charge >= 0.3 is 123 Å². The van der Waals surface area contributed by atoms with Gasteiger partial charge in [0.1, 0.15) is 11.5 Å². The summed E-state index contributed by atoms with van der Waals surface area (Å²) < 4.78 is 25.6. The normalized spacial score (nSPS) is 11.8. The van der Waals surface area contributed by atoms with Crippen molar-refractivity contribution in [3.8, 4) is 22.6 Å². The minimum absolute atomic E-state index is 0. The molecule has 0 heterocycles. The van der Waals surface area contributed by atoms with Gasteiger partial charge < -0.3 is 77.6 Å². The summed E-state index contributed by atoms with van der Waals surface area (Å²) in [6.07, 6.45) is 32.0. The van der Waals surface area contributed by atoms with Gasteiger partial charge in [0.2, 0.25) is 0 Å². The van der Waals surface area contributed by atoms with E-state index in [9.17, 15) is 14.4 Å². The molecule has 0 spiro atoms. The Morgan fingerprint density at radius 1 is 0.430 bits per heavy atom. The second kappa shape index (κ2) is 74.9. The van der Waals surface area contributed by atoms with E-state index in [4.69, 9.17) is 29.2 Å². The van der Waals surface area contributed by atoms with Gasteiger partial charge in [-0.1, -0.05) is 376 Å². The fourth-order valence-electron chi connectivity index (χ4n) is 13.2. The molecule has 1 radical (unpaired) electrons. The van der Waals surface area contributed by atoms with E-state index in [1.165, 1.54) is 205 Å². The molecule has 1 atom stereocenters. The van der Waals surface area contributed by atoms with Gasteiger partial charge in [-0.15, -0.1) is 55.9 Å². The van der Waals surface area contributed by atoms with Gasteiger partial charge in [0.05, 0.1) is 19.8 Å². The van der Waals surface area contributed by atoms with Crippen molar-refractivity contribution in [3.05, 3.63) is 363 Å². The van der Waals surface area contributed by atoms with Crippen LogP contribution >= 0.6 is 61.4 Å². The third-order valence-electron chi connectivity index (χ3n) is 18.9. The molecule has 2 fully saturated rings. The molecule has 0 aliphatic heterocycles. The second-order valence-corrected chi connectivity index (χ2v) is 35.3. The van der Waals surface area contributed by atoms with E-state index in [1.54, 1.807) is 58.0 Å². The number of ether oxygens (including phenoxy) is 2. The van der Waals surface area contributed by atoms with Gasteiger partial charge in [0.25, 0.3) is 7.48 Å². The molecule has 121 heavy (non-hydrogen) atoms. The van der Waals surface area contributed by atoms with Gasteiger partial charge in [-0.3, -0.25) is 0 Å². The van der Waals surface area contributed by atoms with Crippen LogP contribution in [0.15, 0.2) is 273 Å². The summed E-state index contributed by atoms with van der Waals surface area (Å²) in [4.78, 5) is 43.9. The number of hydrogen-bond donors (Lipinski definition) is 1. The number of halogens is 2. The number of carbonyl (C=O) groups excluding carboxylic acids is 3.